The molecule has 4 rings (SSSR count). The average Bonchev–Trinajstić information content (AvgIpc) is 3.26. The lowest BCUT2D eigenvalue weighted by Gasteiger charge is -2.33. The highest BCUT2D eigenvalue weighted by Gasteiger charge is 2.29. The van der Waals surface area contributed by atoms with Crippen LogP contribution >= 0.6 is 0 Å². The van der Waals surface area contributed by atoms with Crippen molar-refractivity contribution in [3.8, 4) is 0 Å². The molecule has 2 aromatic carbocycles. The number of imidazole rings is 1. The van der Waals surface area contributed by atoms with Crippen LogP contribution in [0.1, 0.15) is 47.8 Å². The third-order valence-corrected chi connectivity index (χ3v) is 6.55. The zero-order chi connectivity index (χ0) is 24.6. The van der Waals surface area contributed by atoms with E-state index < -0.39 is 6.04 Å². The summed E-state index contributed by atoms with van der Waals surface area (Å²) in [5.74, 6) is 1.06. The van der Waals surface area contributed by atoms with Crippen molar-refractivity contribution in [2.75, 3.05) is 33.4 Å². The fourth-order valence-corrected chi connectivity index (χ4v) is 4.76. The van der Waals surface area contributed by atoms with Crippen LogP contribution < -0.4 is 11.1 Å². The lowest BCUT2D eigenvalue weighted by molar-refractivity contribution is -0.132. The van der Waals surface area contributed by atoms with Crippen molar-refractivity contribution in [2.24, 2.45) is 5.73 Å². The minimum absolute atomic E-state index is 0.0261. The van der Waals surface area contributed by atoms with Gasteiger partial charge in [0.2, 0.25) is 5.91 Å². The summed E-state index contributed by atoms with van der Waals surface area (Å²) in [6.45, 7) is 3.14. The Labute approximate surface area is 206 Å². The topological polar surface area (TPSA) is 102 Å². The number of amides is 2. The van der Waals surface area contributed by atoms with E-state index in [4.69, 9.17) is 15.5 Å². The van der Waals surface area contributed by atoms with Crippen LogP contribution in [-0.2, 0) is 16.1 Å². The second-order valence-corrected chi connectivity index (χ2v) is 9.18. The Morgan fingerprint density at radius 1 is 1.17 bits per heavy atom. The summed E-state index contributed by atoms with van der Waals surface area (Å²) in [5.41, 5.74) is 8.90. The molecule has 1 fully saturated rings. The van der Waals surface area contributed by atoms with E-state index in [0.29, 0.717) is 18.7 Å². The van der Waals surface area contributed by atoms with Gasteiger partial charge in [-0.3, -0.25) is 9.59 Å². The van der Waals surface area contributed by atoms with Crippen LogP contribution in [0.3, 0.4) is 0 Å². The quantitative estimate of drug-likeness (QED) is 0.437. The van der Waals surface area contributed by atoms with Gasteiger partial charge in [0.05, 0.1) is 11.0 Å². The number of hydrogen-bond acceptors (Lipinski definition) is 5. The Bertz CT molecular complexity index is 1130. The molecule has 35 heavy (non-hydrogen) atoms. The number of likely N-dealkylation sites (tertiary alicyclic amines) is 1. The first-order valence-electron chi connectivity index (χ1n) is 12.4. The molecule has 1 saturated heterocycles. The van der Waals surface area contributed by atoms with Crippen LogP contribution in [0.2, 0.25) is 0 Å². The van der Waals surface area contributed by atoms with Crippen molar-refractivity contribution in [1.82, 2.24) is 19.8 Å². The number of rotatable bonds is 10. The molecule has 0 bridgehead atoms. The van der Waals surface area contributed by atoms with Gasteiger partial charge in [-0.05, 0) is 43.5 Å². The van der Waals surface area contributed by atoms with E-state index in [1.54, 1.807) is 19.2 Å². The van der Waals surface area contributed by atoms with Gasteiger partial charge in [0.15, 0.2) is 0 Å². The maximum atomic E-state index is 13.1. The number of carbonyl (C=O) groups is 2. The Morgan fingerprint density at radius 2 is 1.94 bits per heavy atom. The molecule has 8 nitrogen and oxygen atoms in total. The van der Waals surface area contributed by atoms with Crippen LogP contribution in [0.4, 0.5) is 0 Å². The van der Waals surface area contributed by atoms with Crippen LogP contribution in [-0.4, -0.2) is 65.7 Å². The third kappa shape index (κ3) is 6.26. The van der Waals surface area contributed by atoms with Crippen LogP contribution in [0.15, 0.2) is 54.6 Å². The largest absolute Gasteiger partial charge is 0.385 e. The summed E-state index contributed by atoms with van der Waals surface area (Å²) in [4.78, 5) is 32.2. The number of methoxy groups -OCH3 is 1. The van der Waals surface area contributed by atoms with Crippen LogP contribution in [0.5, 0.6) is 0 Å². The van der Waals surface area contributed by atoms with Gasteiger partial charge in [-0.1, -0.05) is 30.3 Å². The van der Waals surface area contributed by atoms with E-state index in [1.165, 1.54) is 0 Å². The normalized spacial score (nSPS) is 16.9. The number of fused-ring (bicyclic) bond motifs is 1. The number of aromatic nitrogens is 2. The maximum Gasteiger partial charge on any atom is 0.251 e. The SMILES string of the molecule is COCCCn1c(C2CCCN(C(=O)CC(N)CNC(=O)c3ccccc3)C2)nc2ccccc21. The minimum Gasteiger partial charge on any atom is -0.385 e. The van der Waals surface area contributed by atoms with Gasteiger partial charge in [0.25, 0.3) is 5.91 Å². The molecule has 3 N–H and O–H groups in total. The van der Waals surface area contributed by atoms with E-state index in [2.05, 4.69) is 16.0 Å². The highest BCUT2D eigenvalue weighted by Crippen LogP contribution is 2.30. The van der Waals surface area contributed by atoms with E-state index in [0.717, 1.165) is 49.2 Å². The molecule has 2 heterocycles. The first-order valence-corrected chi connectivity index (χ1v) is 12.4. The zero-order valence-electron chi connectivity index (χ0n) is 20.4. The average molecular weight is 478 g/mol. The molecule has 2 unspecified atom stereocenters. The number of benzene rings is 2. The molecule has 0 spiro atoms. The number of para-hydroxylation sites is 2. The zero-order valence-corrected chi connectivity index (χ0v) is 20.4. The minimum atomic E-state index is -0.436. The van der Waals surface area contributed by atoms with Crippen molar-refractivity contribution in [3.63, 3.8) is 0 Å². The Balaban J connectivity index is 1.37. The van der Waals surface area contributed by atoms with Crippen molar-refractivity contribution in [1.29, 1.82) is 0 Å². The molecule has 1 aliphatic rings. The van der Waals surface area contributed by atoms with E-state index in [9.17, 15) is 9.59 Å². The number of nitrogens with one attached hydrogen (secondary N) is 1. The molecule has 1 aliphatic heterocycles. The Hall–Kier alpha value is -3.23. The molecule has 0 radical (unpaired) electrons. The molecular formula is C27H35N5O3. The maximum absolute atomic E-state index is 13.1. The van der Waals surface area contributed by atoms with E-state index in [-0.39, 0.29) is 30.7 Å². The lowest BCUT2D eigenvalue weighted by Crippen LogP contribution is -2.45. The van der Waals surface area contributed by atoms with Gasteiger partial charge < -0.3 is 25.3 Å². The summed E-state index contributed by atoms with van der Waals surface area (Å²) >= 11 is 0. The number of nitrogens with zero attached hydrogens (tertiary/aromatic N) is 3. The summed E-state index contributed by atoms with van der Waals surface area (Å²) in [6.07, 6.45) is 3.03. The van der Waals surface area contributed by atoms with Crippen LogP contribution in [0, 0.1) is 0 Å². The van der Waals surface area contributed by atoms with E-state index >= 15 is 0 Å². The summed E-state index contributed by atoms with van der Waals surface area (Å²) < 4.78 is 7.55. The number of carbonyl (C=O) groups excluding carboxylic acids is 2. The van der Waals surface area contributed by atoms with Crippen LogP contribution in [0.25, 0.3) is 11.0 Å². The Kier molecular flexibility index (Phi) is 8.50. The summed E-state index contributed by atoms with van der Waals surface area (Å²) in [7, 11) is 1.72. The van der Waals surface area contributed by atoms with Gasteiger partial charge in [-0.15, -0.1) is 0 Å². The number of ether oxygens (including phenoxy) is 1. The monoisotopic (exact) mass is 477 g/mol. The predicted octanol–water partition coefficient (Wildman–Crippen LogP) is 2.93. The van der Waals surface area contributed by atoms with Crippen molar-refractivity contribution < 1.29 is 14.3 Å². The molecule has 0 saturated carbocycles. The number of hydrogen-bond donors (Lipinski definition) is 2. The van der Waals surface area contributed by atoms with Gasteiger partial charge in [-0.2, -0.15) is 0 Å². The molecular weight excluding hydrogens is 442 g/mol. The first-order chi connectivity index (χ1) is 17.1. The molecule has 3 aromatic rings. The third-order valence-electron chi connectivity index (χ3n) is 6.55. The van der Waals surface area contributed by atoms with Crippen molar-refractivity contribution in [3.05, 3.63) is 66.0 Å². The highest BCUT2D eigenvalue weighted by atomic mass is 16.5. The second-order valence-electron chi connectivity index (χ2n) is 9.18. The predicted molar refractivity (Wildman–Crippen MR) is 136 cm³/mol. The fraction of sp³-hybridized carbons (Fsp3) is 0.444. The molecule has 2 amide bonds. The highest BCUT2D eigenvalue weighted by molar-refractivity contribution is 5.94. The van der Waals surface area contributed by atoms with Gasteiger partial charge in [-0.25, -0.2) is 4.98 Å². The molecule has 0 aliphatic carbocycles. The van der Waals surface area contributed by atoms with Crippen molar-refractivity contribution in [2.45, 2.75) is 44.2 Å². The van der Waals surface area contributed by atoms with Crippen molar-refractivity contribution >= 4 is 22.8 Å². The smallest absolute Gasteiger partial charge is 0.251 e. The lowest BCUT2D eigenvalue weighted by atomic mass is 9.96. The standard InChI is InChI=1S/C27H35N5O3/c1-35-16-8-15-32-24-13-6-5-12-23(24)30-26(32)21-11-7-14-31(19-21)25(33)17-22(28)18-29-27(34)20-9-3-2-4-10-20/h2-6,9-10,12-13,21-22H,7-8,11,14-19,28H2,1H3,(H,29,34). The molecule has 8 heteroatoms. The van der Waals surface area contributed by atoms with Gasteiger partial charge >= 0.3 is 0 Å². The summed E-state index contributed by atoms with van der Waals surface area (Å²) in [5, 5.41) is 2.83. The second kappa shape index (κ2) is 12.0. The molecule has 186 valence electrons. The number of aryl methyl sites for hydroxylation is 1. The molecule has 2 atom stereocenters. The Morgan fingerprint density at radius 3 is 2.74 bits per heavy atom. The summed E-state index contributed by atoms with van der Waals surface area (Å²) in [6, 6.07) is 16.8. The number of nitrogens with two attached hydrogens (primary N) is 1. The van der Waals surface area contributed by atoms with Gasteiger partial charge in [0.1, 0.15) is 5.82 Å². The van der Waals surface area contributed by atoms with Gasteiger partial charge in [0, 0.05) is 63.8 Å². The van der Waals surface area contributed by atoms with E-state index in [1.807, 2.05) is 41.3 Å². The number of piperidine rings is 1. The molecule has 1 aromatic heterocycles. The fourth-order valence-electron chi connectivity index (χ4n) is 4.76. The first kappa shape index (κ1) is 24.9.